The molecule has 0 atom stereocenters. The number of fused-ring (bicyclic) bond motifs is 1. The maximum atomic E-state index is 13.2. The first kappa shape index (κ1) is 13.6. The van der Waals surface area contributed by atoms with Crippen LogP contribution in [0.5, 0.6) is 0 Å². The molecular weight excluding hydrogens is 275 g/mol. The molecule has 3 rings (SSSR count). The molecule has 20 heavy (non-hydrogen) atoms. The first-order valence-electron chi connectivity index (χ1n) is 6.60. The van der Waals surface area contributed by atoms with Crippen LogP contribution in [-0.2, 0) is 17.7 Å². The molecule has 1 aliphatic rings. The fourth-order valence-electron chi connectivity index (χ4n) is 2.54. The molecule has 5 heteroatoms. The van der Waals surface area contributed by atoms with E-state index in [1.807, 2.05) is 6.07 Å². The van der Waals surface area contributed by atoms with Crippen LogP contribution in [0, 0.1) is 5.82 Å². The third-order valence-corrected chi connectivity index (χ3v) is 3.77. The van der Waals surface area contributed by atoms with Crippen LogP contribution in [-0.4, -0.2) is 13.5 Å². The summed E-state index contributed by atoms with van der Waals surface area (Å²) in [6, 6.07) is 13.1. The largest absolute Gasteiger partial charge is 0.423 e. The molecule has 0 spiro atoms. The molecule has 0 radical (unpaired) electrons. The lowest BCUT2D eigenvalue weighted by atomic mass is 9.56. The van der Waals surface area contributed by atoms with Crippen LogP contribution in [0.25, 0.3) is 0 Å². The molecule has 0 saturated carbocycles. The summed E-state index contributed by atoms with van der Waals surface area (Å²) < 4.78 is 19.0. The number of hydrogen-bond acceptors (Lipinski definition) is 2. The Balaban J connectivity index is 1.81. The molecule has 1 aliphatic heterocycles. The highest BCUT2D eigenvalue weighted by Crippen LogP contribution is 2.13. The second-order valence-corrected chi connectivity index (χ2v) is 5.18. The summed E-state index contributed by atoms with van der Waals surface area (Å²) in [5.74, 6) is -0.211. The van der Waals surface area contributed by atoms with E-state index in [1.54, 1.807) is 6.07 Å². The van der Waals surface area contributed by atoms with Crippen LogP contribution in [0.2, 0.25) is 0 Å². The average Bonchev–Trinajstić information content (AvgIpc) is 2.88. The van der Waals surface area contributed by atoms with E-state index in [9.17, 15) is 4.39 Å². The van der Waals surface area contributed by atoms with Gasteiger partial charge in [0.1, 0.15) is 5.82 Å². The number of hydrogen-bond donors (Lipinski definition) is 1. The minimum absolute atomic E-state index is 0.0919. The van der Waals surface area contributed by atoms with Crippen LogP contribution in [0.4, 0.5) is 4.39 Å². The fourth-order valence-corrected chi connectivity index (χ4v) is 2.64. The zero-order chi connectivity index (χ0) is 13.9. The minimum Gasteiger partial charge on any atom is -0.423 e. The molecule has 2 aromatic carbocycles. The predicted molar refractivity (Wildman–Crippen MR) is 80.2 cm³/mol. The van der Waals surface area contributed by atoms with E-state index in [2.05, 4.69) is 29.1 Å². The lowest BCUT2D eigenvalue weighted by molar-refractivity contribution is 0.336. The summed E-state index contributed by atoms with van der Waals surface area (Å²) in [7, 11) is 0. The van der Waals surface area contributed by atoms with Gasteiger partial charge in [0.25, 0.3) is 0 Å². The molecule has 0 bridgehead atoms. The molecule has 102 valence electrons. The summed E-state index contributed by atoms with van der Waals surface area (Å²) in [5.41, 5.74) is 4.31. The zero-order valence-electron chi connectivity index (χ0n) is 10.9. The van der Waals surface area contributed by atoms with Gasteiger partial charge in [-0.2, -0.15) is 0 Å². The van der Waals surface area contributed by atoms with Crippen molar-refractivity contribution in [2.75, 3.05) is 6.54 Å². The molecule has 0 saturated heterocycles. The molecule has 2 aromatic rings. The SMILES string of the molecule is Fc1ccc2c(c1)COB2c1ccc(CCNCl)cc1. The van der Waals surface area contributed by atoms with Gasteiger partial charge in [-0.1, -0.05) is 30.3 Å². The lowest BCUT2D eigenvalue weighted by Crippen LogP contribution is -2.41. The van der Waals surface area contributed by atoms with Crippen LogP contribution in [0.1, 0.15) is 11.1 Å². The first-order valence-corrected chi connectivity index (χ1v) is 6.98. The van der Waals surface area contributed by atoms with E-state index < -0.39 is 0 Å². The van der Waals surface area contributed by atoms with Crippen molar-refractivity contribution in [3.05, 3.63) is 59.4 Å². The monoisotopic (exact) mass is 289 g/mol. The van der Waals surface area contributed by atoms with Crippen molar-refractivity contribution in [3.63, 3.8) is 0 Å². The molecule has 0 aliphatic carbocycles. The van der Waals surface area contributed by atoms with Crippen LogP contribution >= 0.6 is 11.8 Å². The van der Waals surface area contributed by atoms with E-state index in [4.69, 9.17) is 16.4 Å². The van der Waals surface area contributed by atoms with Crippen molar-refractivity contribution in [3.8, 4) is 0 Å². The summed E-state index contributed by atoms with van der Waals surface area (Å²) in [4.78, 5) is 2.62. The third kappa shape index (κ3) is 2.73. The molecule has 0 amide bonds. The lowest BCUT2D eigenvalue weighted by Gasteiger charge is -2.08. The second-order valence-electron chi connectivity index (χ2n) is 4.91. The van der Waals surface area contributed by atoms with Gasteiger partial charge in [0.2, 0.25) is 0 Å². The summed E-state index contributed by atoms with van der Waals surface area (Å²) >= 11 is 5.45. The Hall–Kier alpha value is -1.36. The van der Waals surface area contributed by atoms with Crippen molar-refractivity contribution in [1.29, 1.82) is 0 Å². The van der Waals surface area contributed by atoms with Gasteiger partial charge in [0, 0.05) is 6.54 Å². The fraction of sp³-hybridized carbons (Fsp3) is 0.200. The summed E-state index contributed by atoms with van der Waals surface area (Å²) in [5, 5.41) is 0. The molecule has 1 N–H and O–H groups in total. The highest BCUT2D eigenvalue weighted by Gasteiger charge is 2.29. The Morgan fingerprint density at radius 3 is 2.75 bits per heavy atom. The molecule has 1 heterocycles. The number of nitrogens with one attached hydrogen (secondary N) is 1. The molecule has 0 fully saturated rings. The molecular formula is C15H14BClFNO. The van der Waals surface area contributed by atoms with Crippen molar-refractivity contribution >= 4 is 29.6 Å². The maximum absolute atomic E-state index is 13.2. The maximum Gasteiger partial charge on any atom is 0.362 e. The van der Waals surface area contributed by atoms with Gasteiger partial charge in [0.05, 0.1) is 6.61 Å². The van der Waals surface area contributed by atoms with Gasteiger partial charge in [0.15, 0.2) is 0 Å². The highest BCUT2D eigenvalue weighted by atomic mass is 35.5. The van der Waals surface area contributed by atoms with Gasteiger partial charge in [-0.25, -0.2) is 9.23 Å². The number of rotatable bonds is 4. The van der Waals surface area contributed by atoms with E-state index in [-0.39, 0.29) is 12.7 Å². The van der Waals surface area contributed by atoms with Crippen LogP contribution in [0.15, 0.2) is 42.5 Å². The Kier molecular flexibility index (Phi) is 4.06. The van der Waals surface area contributed by atoms with Gasteiger partial charge in [-0.05, 0) is 52.4 Å². The Bertz CT molecular complexity index is 605. The predicted octanol–water partition coefficient (Wildman–Crippen LogP) is 1.75. The average molecular weight is 290 g/mol. The van der Waals surface area contributed by atoms with E-state index in [1.165, 1.54) is 11.6 Å². The first-order chi connectivity index (χ1) is 9.78. The minimum atomic E-state index is -0.211. The smallest absolute Gasteiger partial charge is 0.362 e. The van der Waals surface area contributed by atoms with Crippen molar-refractivity contribution < 1.29 is 9.04 Å². The third-order valence-electron chi connectivity index (χ3n) is 3.58. The van der Waals surface area contributed by atoms with Crippen molar-refractivity contribution in [2.24, 2.45) is 0 Å². The van der Waals surface area contributed by atoms with E-state index in [0.29, 0.717) is 6.61 Å². The quantitative estimate of drug-likeness (QED) is 0.684. The Morgan fingerprint density at radius 1 is 1.20 bits per heavy atom. The van der Waals surface area contributed by atoms with Gasteiger partial charge >= 0.3 is 6.92 Å². The normalized spacial score (nSPS) is 13.6. The summed E-state index contributed by atoms with van der Waals surface area (Å²) in [6.45, 7) is 1.12. The topological polar surface area (TPSA) is 21.3 Å². The van der Waals surface area contributed by atoms with Crippen LogP contribution < -0.4 is 15.8 Å². The van der Waals surface area contributed by atoms with Crippen LogP contribution in [0.3, 0.4) is 0 Å². The Labute approximate surface area is 123 Å². The molecule has 0 aromatic heterocycles. The summed E-state index contributed by atoms with van der Waals surface area (Å²) in [6.07, 6.45) is 0.886. The second kappa shape index (κ2) is 5.96. The molecule has 0 unspecified atom stereocenters. The van der Waals surface area contributed by atoms with Gasteiger partial charge in [-0.15, -0.1) is 0 Å². The van der Waals surface area contributed by atoms with Gasteiger partial charge < -0.3 is 4.65 Å². The number of halogens is 2. The van der Waals surface area contributed by atoms with E-state index >= 15 is 0 Å². The highest BCUT2D eigenvalue weighted by molar-refractivity contribution is 6.81. The standard InChI is InChI=1S/C15H14BClFNO/c17-19-8-7-11-1-3-13(4-2-11)16-15-6-5-14(18)9-12(15)10-20-16/h1-6,9,19H,7-8,10H2. The van der Waals surface area contributed by atoms with E-state index in [0.717, 1.165) is 29.5 Å². The zero-order valence-corrected chi connectivity index (χ0v) is 11.7. The van der Waals surface area contributed by atoms with Crippen molar-refractivity contribution in [1.82, 2.24) is 4.84 Å². The van der Waals surface area contributed by atoms with Crippen molar-refractivity contribution in [2.45, 2.75) is 13.0 Å². The Morgan fingerprint density at radius 2 is 2.00 bits per heavy atom. The number of benzene rings is 2. The molecule has 2 nitrogen and oxygen atoms in total. The van der Waals surface area contributed by atoms with Gasteiger partial charge in [-0.3, -0.25) is 0 Å².